The van der Waals surface area contributed by atoms with Crippen molar-refractivity contribution >= 4 is 55.9 Å². The Morgan fingerprint density at radius 3 is 2.25 bits per heavy atom. The van der Waals surface area contributed by atoms with Gasteiger partial charge in [-0.15, -0.1) is 0 Å². The van der Waals surface area contributed by atoms with E-state index in [-0.39, 0.29) is 54.7 Å². The van der Waals surface area contributed by atoms with Crippen LogP contribution in [0.3, 0.4) is 0 Å². The molecule has 4 saturated heterocycles. The Balaban J connectivity index is 0.788. The van der Waals surface area contributed by atoms with Crippen molar-refractivity contribution in [2.45, 2.75) is 44.3 Å². The van der Waals surface area contributed by atoms with Crippen molar-refractivity contribution in [3.63, 3.8) is 0 Å². The van der Waals surface area contributed by atoms with Gasteiger partial charge in [0, 0.05) is 76.7 Å². The number of nitriles is 1. The number of carbonyl (C=O) groups excluding carboxylic acids is 3. The molecule has 5 aromatic rings. The highest BCUT2D eigenvalue weighted by molar-refractivity contribution is 7.90. The van der Waals surface area contributed by atoms with Crippen molar-refractivity contribution in [3.8, 4) is 23.3 Å². The topological polar surface area (TPSA) is 202 Å². The molecule has 17 nitrogen and oxygen atoms in total. The molecule has 0 spiro atoms. The number of benzene rings is 4. The third-order valence-corrected chi connectivity index (χ3v) is 14.4. The van der Waals surface area contributed by atoms with Crippen LogP contribution in [0.4, 0.5) is 30.2 Å². The van der Waals surface area contributed by atoms with Crippen LogP contribution in [0.15, 0.2) is 83.9 Å². The Morgan fingerprint density at radius 2 is 1.54 bits per heavy atom. The van der Waals surface area contributed by atoms with E-state index in [0.29, 0.717) is 17.1 Å². The first-order chi connectivity index (χ1) is 32.7. The molecule has 354 valence electrons. The summed E-state index contributed by atoms with van der Waals surface area (Å²) in [7, 11) is -4.25. The summed E-state index contributed by atoms with van der Waals surface area (Å²) in [6, 6.07) is 19.3. The lowest BCUT2D eigenvalue weighted by molar-refractivity contribution is -0.134. The molecule has 0 aliphatic carbocycles. The molecule has 4 fully saturated rings. The van der Waals surface area contributed by atoms with E-state index < -0.39 is 68.7 Å². The number of aromatic nitrogens is 2. The maximum atomic E-state index is 15.2. The number of hydrogen-bond donors (Lipinski definition) is 3. The van der Waals surface area contributed by atoms with Gasteiger partial charge in [-0.25, -0.2) is 18.2 Å². The summed E-state index contributed by atoms with van der Waals surface area (Å²) < 4.78 is 79.9. The van der Waals surface area contributed by atoms with E-state index in [9.17, 15) is 41.6 Å². The van der Waals surface area contributed by atoms with Crippen LogP contribution in [-0.2, 0) is 19.8 Å². The van der Waals surface area contributed by atoms with Crippen LogP contribution in [0.2, 0.25) is 0 Å². The number of halogens is 3. The first kappa shape index (κ1) is 46.1. The van der Waals surface area contributed by atoms with Gasteiger partial charge in [0.05, 0.1) is 27.8 Å². The van der Waals surface area contributed by atoms with E-state index >= 15 is 4.39 Å². The standard InChI is InChI=1S/C47H47F3N10O7S/c48-30-15-18-59(27-30)68(65,66)55-41-10-8-39(50)44(37(41)25-51)67-34-6-9-40-36(24-34)47(64)60(28-52-40)32-3-1-31(2-4-32)58-21-19-56(20-22-58)26-29-13-16-57(17-14-29)33-5-7-38(49)35(23-33)45(62)53-42-11-12-43(61)54-46(42)63/h1-10,23-24,28-30,42,55H,11-22,26-27H2,(H,53,62)(H,54,61,63)/t30-,42?/m1/s1. The van der Waals surface area contributed by atoms with Crippen molar-refractivity contribution in [1.29, 1.82) is 5.26 Å². The van der Waals surface area contributed by atoms with Gasteiger partial charge in [-0.1, -0.05) is 0 Å². The lowest BCUT2D eigenvalue weighted by atomic mass is 9.95. The molecule has 4 aliphatic heterocycles. The lowest BCUT2D eigenvalue weighted by Gasteiger charge is -2.40. The van der Waals surface area contributed by atoms with Gasteiger partial charge < -0.3 is 19.9 Å². The molecule has 0 saturated carbocycles. The van der Waals surface area contributed by atoms with E-state index in [1.807, 2.05) is 24.3 Å². The van der Waals surface area contributed by atoms with Crippen LogP contribution in [0, 0.1) is 28.9 Å². The van der Waals surface area contributed by atoms with E-state index in [1.165, 1.54) is 41.2 Å². The molecular formula is C47H47F3N10O7S. The van der Waals surface area contributed by atoms with Crippen LogP contribution < -0.4 is 35.5 Å². The number of anilines is 3. The molecule has 4 aliphatic rings. The minimum absolute atomic E-state index is 0.00141. The molecular weight excluding hydrogens is 906 g/mol. The number of fused-ring (bicyclic) bond motifs is 1. The minimum Gasteiger partial charge on any atom is -0.453 e. The number of piperidine rings is 2. The number of piperazine rings is 1. The third-order valence-electron chi connectivity index (χ3n) is 12.9. The summed E-state index contributed by atoms with van der Waals surface area (Å²) in [5.74, 6) is -3.42. The zero-order chi connectivity index (χ0) is 47.7. The fourth-order valence-electron chi connectivity index (χ4n) is 9.13. The molecule has 68 heavy (non-hydrogen) atoms. The molecule has 2 atom stereocenters. The normalized spacial score (nSPS) is 19.7. The van der Waals surface area contributed by atoms with Crippen LogP contribution >= 0.6 is 0 Å². The number of hydrogen-bond acceptors (Lipinski definition) is 12. The average Bonchev–Trinajstić information content (AvgIpc) is 3.79. The fourth-order valence-corrected chi connectivity index (χ4v) is 10.4. The molecule has 1 aromatic heterocycles. The zero-order valence-electron chi connectivity index (χ0n) is 36.7. The predicted molar refractivity (Wildman–Crippen MR) is 246 cm³/mol. The molecule has 4 aromatic carbocycles. The summed E-state index contributed by atoms with van der Waals surface area (Å²) in [5, 5.41) is 14.9. The molecule has 0 radical (unpaired) electrons. The molecule has 21 heteroatoms. The van der Waals surface area contributed by atoms with Crippen LogP contribution in [-0.4, -0.2) is 116 Å². The quantitative estimate of drug-likeness (QED) is 0.147. The Labute approximate surface area is 389 Å². The number of nitrogens with zero attached hydrogens (tertiary/aromatic N) is 7. The van der Waals surface area contributed by atoms with Gasteiger partial charge in [0.2, 0.25) is 11.8 Å². The fraction of sp³-hybridized carbons (Fsp3) is 0.362. The van der Waals surface area contributed by atoms with Gasteiger partial charge in [-0.05, 0) is 104 Å². The maximum Gasteiger partial charge on any atom is 0.301 e. The number of imide groups is 1. The zero-order valence-corrected chi connectivity index (χ0v) is 37.5. The molecule has 0 bridgehead atoms. The number of rotatable bonds is 12. The van der Waals surface area contributed by atoms with Crippen molar-refractivity contribution in [2.75, 3.05) is 73.4 Å². The highest BCUT2D eigenvalue weighted by Crippen LogP contribution is 2.35. The second kappa shape index (κ2) is 19.3. The smallest absolute Gasteiger partial charge is 0.301 e. The van der Waals surface area contributed by atoms with Crippen molar-refractivity contribution in [1.82, 2.24) is 29.4 Å². The summed E-state index contributed by atoms with van der Waals surface area (Å²) in [4.78, 5) is 61.8. The summed E-state index contributed by atoms with van der Waals surface area (Å²) in [6.07, 6.45) is 2.25. The Morgan fingerprint density at radius 1 is 0.838 bits per heavy atom. The van der Waals surface area contributed by atoms with Crippen LogP contribution in [0.25, 0.3) is 16.6 Å². The molecule has 3 N–H and O–H groups in total. The van der Waals surface area contributed by atoms with E-state index in [1.54, 1.807) is 12.1 Å². The predicted octanol–water partition coefficient (Wildman–Crippen LogP) is 4.60. The van der Waals surface area contributed by atoms with Crippen molar-refractivity contribution in [3.05, 3.63) is 112 Å². The van der Waals surface area contributed by atoms with Crippen molar-refractivity contribution < 1.29 is 40.7 Å². The van der Waals surface area contributed by atoms with Gasteiger partial charge in [0.1, 0.15) is 41.7 Å². The highest BCUT2D eigenvalue weighted by atomic mass is 32.2. The van der Waals surface area contributed by atoms with Gasteiger partial charge >= 0.3 is 10.2 Å². The molecule has 5 heterocycles. The number of ether oxygens (including phenoxy) is 1. The molecule has 9 rings (SSSR count). The van der Waals surface area contributed by atoms with E-state index in [4.69, 9.17) is 4.74 Å². The first-order valence-corrected chi connectivity index (χ1v) is 23.8. The number of alkyl halides is 1. The Kier molecular flexibility index (Phi) is 13.1. The SMILES string of the molecule is N#Cc1c(NS(=O)(=O)N2CC[C@@H](F)C2)ccc(F)c1Oc1ccc2ncn(-c3ccc(N4CCN(CC5CCN(c6ccc(F)c(C(=O)NC7CCC(=O)NC7=O)c6)CC5)CC4)cc3)c(=O)c2c1. The molecule has 1 unspecified atom stereocenters. The van der Waals surface area contributed by atoms with E-state index in [2.05, 4.69) is 35.0 Å². The number of carbonyl (C=O) groups is 3. The maximum absolute atomic E-state index is 15.2. The summed E-state index contributed by atoms with van der Waals surface area (Å²) in [5.41, 5.74) is 1.37. The lowest BCUT2D eigenvalue weighted by Crippen LogP contribution is -2.52. The summed E-state index contributed by atoms with van der Waals surface area (Å²) in [6.45, 7) is 5.39. The van der Waals surface area contributed by atoms with E-state index in [0.717, 1.165) is 86.5 Å². The first-order valence-electron chi connectivity index (χ1n) is 22.3. The Hall–Kier alpha value is -7.02. The molecule has 3 amide bonds. The average molecular weight is 953 g/mol. The second-order valence-corrected chi connectivity index (χ2v) is 19.0. The monoisotopic (exact) mass is 952 g/mol. The van der Waals surface area contributed by atoms with Gasteiger partial charge in [-0.3, -0.25) is 38.7 Å². The third kappa shape index (κ3) is 9.84. The summed E-state index contributed by atoms with van der Waals surface area (Å²) >= 11 is 0. The Bertz CT molecular complexity index is 2990. The highest BCUT2D eigenvalue weighted by Gasteiger charge is 2.33. The van der Waals surface area contributed by atoms with Crippen LogP contribution in [0.5, 0.6) is 11.5 Å². The number of amides is 3. The van der Waals surface area contributed by atoms with Crippen molar-refractivity contribution in [2.24, 2.45) is 5.92 Å². The van der Waals surface area contributed by atoms with Gasteiger partial charge in [-0.2, -0.15) is 18.0 Å². The van der Waals surface area contributed by atoms with Gasteiger partial charge in [0.15, 0.2) is 11.6 Å². The largest absolute Gasteiger partial charge is 0.453 e. The van der Waals surface area contributed by atoms with Gasteiger partial charge in [0.25, 0.3) is 11.5 Å². The minimum atomic E-state index is -4.25. The number of nitrogens with one attached hydrogen (secondary N) is 3. The van der Waals surface area contributed by atoms with Crippen LogP contribution in [0.1, 0.15) is 48.0 Å². The second-order valence-electron chi connectivity index (χ2n) is 17.3.